The summed E-state index contributed by atoms with van der Waals surface area (Å²) in [5.41, 5.74) is 3.78. The number of thioether (sulfide) groups is 1. The molecule has 0 atom stereocenters. The number of hydrogen-bond donors (Lipinski definition) is 2. The van der Waals surface area contributed by atoms with E-state index in [0.29, 0.717) is 15.7 Å². The molecule has 0 aliphatic heterocycles. The number of carbonyl (C=O) groups excluding carboxylic acids is 1. The Morgan fingerprint density at radius 1 is 1.15 bits per heavy atom. The standard InChI is InChI=1S/C19H17Cl2N3OS/c1-12-17(7-13-5-3-2-4-6-13)24-19(22-12)26-11-18(25)23-16-9-14(20)8-15(21)10-16/h2-6,8-10H,7,11H2,1H3,(H,22,24)(H,23,25). The molecule has 2 N–H and O–H groups in total. The Kier molecular flexibility index (Phi) is 6.25. The Morgan fingerprint density at radius 2 is 1.85 bits per heavy atom. The van der Waals surface area contributed by atoms with Crippen LogP contribution >= 0.6 is 35.0 Å². The molecule has 0 unspecified atom stereocenters. The first kappa shape index (κ1) is 18.8. The molecule has 0 aliphatic carbocycles. The third-order valence-electron chi connectivity index (χ3n) is 3.66. The maximum atomic E-state index is 12.1. The topological polar surface area (TPSA) is 57.8 Å². The van der Waals surface area contributed by atoms with Crippen LogP contribution in [0.4, 0.5) is 5.69 Å². The lowest BCUT2D eigenvalue weighted by Crippen LogP contribution is -2.14. The van der Waals surface area contributed by atoms with Crippen LogP contribution in [0, 0.1) is 6.92 Å². The van der Waals surface area contributed by atoms with E-state index < -0.39 is 0 Å². The molecule has 3 aromatic rings. The summed E-state index contributed by atoms with van der Waals surface area (Å²) in [6, 6.07) is 15.1. The van der Waals surface area contributed by atoms with E-state index in [0.717, 1.165) is 23.0 Å². The minimum atomic E-state index is -0.146. The fraction of sp³-hybridized carbons (Fsp3) is 0.158. The molecule has 1 aromatic heterocycles. The molecule has 0 spiro atoms. The van der Waals surface area contributed by atoms with Crippen molar-refractivity contribution in [3.63, 3.8) is 0 Å². The van der Waals surface area contributed by atoms with Gasteiger partial charge in [-0.25, -0.2) is 4.98 Å². The van der Waals surface area contributed by atoms with Gasteiger partial charge in [0.05, 0.1) is 11.4 Å². The van der Waals surface area contributed by atoms with Crippen molar-refractivity contribution in [1.29, 1.82) is 0 Å². The number of aryl methyl sites for hydroxylation is 1. The second-order valence-electron chi connectivity index (χ2n) is 5.77. The fourth-order valence-electron chi connectivity index (χ4n) is 2.45. The number of rotatable bonds is 6. The van der Waals surface area contributed by atoms with Gasteiger partial charge in [0.15, 0.2) is 5.16 Å². The van der Waals surface area contributed by atoms with E-state index in [1.54, 1.807) is 18.2 Å². The van der Waals surface area contributed by atoms with Crippen LogP contribution in [0.25, 0.3) is 0 Å². The average molecular weight is 406 g/mol. The van der Waals surface area contributed by atoms with Crippen molar-refractivity contribution in [1.82, 2.24) is 9.97 Å². The summed E-state index contributed by atoms with van der Waals surface area (Å²) in [7, 11) is 0. The smallest absolute Gasteiger partial charge is 0.234 e. The van der Waals surface area contributed by atoms with Crippen LogP contribution in [0.1, 0.15) is 17.0 Å². The monoisotopic (exact) mass is 405 g/mol. The average Bonchev–Trinajstić information content (AvgIpc) is 2.93. The Hall–Kier alpha value is -1.95. The van der Waals surface area contributed by atoms with Crippen molar-refractivity contribution in [2.24, 2.45) is 0 Å². The molecule has 0 fully saturated rings. The van der Waals surface area contributed by atoms with E-state index >= 15 is 0 Å². The van der Waals surface area contributed by atoms with Gasteiger partial charge < -0.3 is 10.3 Å². The molecule has 134 valence electrons. The SMILES string of the molecule is Cc1[nH]c(SCC(=O)Nc2cc(Cl)cc(Cl)c2)nc1Cc1ccccc1. The third-order valence-corrected chi connectivity index (χ3v) is 4.97. The largest absolute Gasteiger partial charge is 0.337 e. The molecule has 0 saturated heterocycles. The van der Waals surface area contributed by atoms with Gasteiger partial charge in [0, 0.05) is 27.8 Å². The molecule has 2 aromatic carbocycles. The van der Waals surface area contributed by atoms with Crippen LogP contribution in [0.2, 0.25) is 10.0 Å². The number of H-pyrrole nitrogens is 1. The summed E-state index contributed by atoms with van der Waals surface area (Å²) >= 11 is 13.2. The van der Waals surface area contributed by atoms with Crippen molar-refractivity contribution in [2.45, 2.75) is 18.5 Å². The molecule has 1 heterocycles. The fourth-order valence-corrected chi connectivity index (χ4v) is 3.72. The third kappa shape index (κ3) is 5.27. The van der Waals surface area contributed by atoms with Gasteiger partial charge in [-0.3, -0.25) is 4.79 Å². The number of aromatic nitrogens is 2. The number of aromatic amines is 1. The molecule has 4 nitrogen and oxygen atoms in total. The number of anilines is 1. The van der Waals surface area contributed by atoms with Crippen LogP contribution in [-0.4, -0.2) is 21.6 Å². The van der Waals surface area contributed by atoms with Crippen LogP contribution in [0.3, 0.4) is 0 Å². The van der Waals surface area contributed by atoms with Gasteiger partial charge in [-0.1, -0.05) is 65.3 Å². The first-order valence-electron chi connectivity index (χ1n) is 7.98. The van der Waals surface area contributed by atoms with E-state index in [2.05, 4.69) is 27.4 Å². The Bertz CT molecular complexity index is 892. The van der Waals surface area contributed by atoms with Gasteiger partial charge in [0.25, 0.3) is 0 Å². The van der Waals surface area contributed by atoms with Crippen molar-refractivity contribution in [2.75, 3.05) is 11.1 Å². The zero-order valence-electron chi connectivity index (χ0n) is 14.1. The van der Waals surface area contributed by atoms with E-state index in [4.69, 9.17) is 23.2 Å². The number of amides is 1. The number of imidazole rings is 1. The minimum absolute atomic E-state index is 0.146. The summed E-state index contributed by atoms with van der Waals surface area (Å²) in [6.07, 6.45) is 0.761. The maximum absolute atomic E-state index is 12.1. The Balaban J connectivity index is 1.57. The van der Waals surface area contributed by atoms with Crippen molar-refractivity contribution >= 4 is 46.6 Å². The number of hydrogen-bond acceptors (Lipinski definition) is 3. The highest BCUT2D eigenvalue weighted by atomic mass is 35.5. The van der Waals surface area contributed by atoms with Crippen molar-refractivity contribution in [3.8, 4) is 0 Å². The lowest BCUT2D eigenvalue weighted by molar-refractivity contribution is -0.113. The van der Waals surface area contributed by atoms with E-state index in [1.807, 2.05) is 25.1 Å². The summed E-state index contributed by atoms with van der Waals surface area (Å²) in [4.78, 5) is 20.0. The minimum Gasteiger partial charge on any atom is -0.337 e. The van der Waals surface area contributed by atoms with Gasteiger partial charge in [0.2, 0.25) is 5.91 Å². The molecule has 7 heteroatoms. The number of nitrogens with zero attached hydrogens (tertiary/aromatic N) is 1. The molecule has 26 heavy (non-hydrogen) atoms. The number of benzene rings is 2. The molecular formula is C19H17Cl2N3OS. The lowest BCUT2D eigenvalue weighted by Gasteiger charge is -2.05. The quantitative estimate of drug-likeness (QED) is 0.543. The predicted molar refractivity (Wildman–Crippen MR) is 108 cm³/mol. The summed E-state index contributed by atoms with van der Waals surface area (Å²) in [5, 5.41) is 4.47. The van der Waals surface area contributed by atoms with Gasteiger partial charge in [-0.05, 0) is 30.7 Å². The molecule has 0 radical (unpaired) electrons. The van der Waals surface area contributed by atoms with Crippen LogP contribution < -0.4 is 5.32 Å². The molecule has 0 aliphatic rings. The zero-order valence-corrected chi connectivity index (χ0v) is 16.4. The van der Waals surface area contributed by atoms with Gasteiger partial charge in [-0.15, -0.1) is 0 Å². The molecule has 0 saturated carbocycles. The number of halogens is 2. The van der Waals surface area contributed by atoms with Gasteiger partial charge in [-0.2, -0.15) is 0 Å². The normalized spacial score (nSPS) is 10.7. The van der Waals surface area contributed by atoms with Crippen molar-refractivity contribution < 1.29 is 4.79 Å². The highest BCUT2D eigenvalue weighted by molar-refractivity contribution is 7.99. The highest BCUT2D eigenvalue weighted by Gasteiger charge is 2.11. The lowest BCUT2D eigenvalue weighted by atomic mass is 10.1. The molecule has 3 rings (SSSR count). The first-order chi connectivity index (χ1) is 12.5. The molecular weight excluding hydrogens is 389 g/mol. The van der Waals surface area contributed by atoms with Gasteiger partial charge >= 0.3 is 0 Å². The first-order valence-corrected chi connectivity index (χ1v) is 9.72. The number of carbonyl (C=O) groups is 1. The predicted octanol–water partition coefficient (Wildman–Crippen LogP) is 5.35. The van der Waals surface area contributed by atoms with E-state index in [9.17, 15) is 4.79 Å². The van der Waals surface area contributed by atoms with Crippen molar-refractivity contribution in [3.05, 3.63) is 75.5 Å². The molecule has 1 amide bonds. The van der Waals surface area contributed by atoms with Crippen LogP contribution in [-0.2, 0) is 11.2 Å². The zero-order chi connectivity index (χ0) is 18.5. The summed E-state index contributed by atoms with van der Waals surface area (Å²) < 4.78 is 0. The Morgan fingerprint density at radius 3 is 2.54 bits per heavy atom. The Labute approximate surface area is 166 Å². The van der Waals surface area contributed by atoms with Crippen LogP contribution in [0.5, 0.6) is 0 Å². The summed E-state index contributed by atoms with van der Waals surface area (Å²) in [6.45, 7) is 1.99. The molecule has 0 bridgehead atoms. The maximum Gasteiger partial charge on any atom is 0.234 e. The van der Waals surface area contributed by atoms with Gasteiger partial charge in [0.1, 0.15) is 0 Å². The van der Waals surface area contributed by atoms with E-state index in [1.165, 1.54) is 17.3 Å². The second kappa shape index (κ2) is 8.62. The van der Waals surface area contributed by atoms with Crippen LogP contribution in [0.15, 0.2) is 53.7 Å². The number of nitrogens with one attached hydrogen (secondary N) is 2. The second-order valence-corrected chi connectivity index (χ2v) is 7.61. The highest BCUT2D eigenvalue weighted by Crippen LogP contribution is 2.23. The van der Waals surface area contributed by atoms with E-state index in [-0.39, 0.29) is 11.7 Å². The summed E-state index contributed by atoms with van der Waals surface area (Å²) in [5.74, 6) is 0.0917.